The van der Waals surface area contributed by atoms with Crippen LogP contribution in [0, 0.1) is 17.2 Å². The molecule has 2 aromatic rings. The molecule has 0 bridgehead atoms. The van der Waals surface area contributed by atoms with Gasteiger partial charge in [-0.05, 0) is 35.9 Å². The first-order chi connectivity index (χ1) is 11.1. The predicted octanol–water partition coefficient (Wildman–Crippen LogP) is 3.70. The third-order valence-electron chi connectivity index (χ3n) is 3.03. The van der Waals surface area contributed by atoms with Gasteiger partial charge < -0.3 is 5.32 Å². The molecule has 0 aliphatic carbocycles. The van der Waals surface area contributed by atoms with Gasteiger partial charge in [0.15, 0.2) is 11.7 Å². The molecule has 2 aromatic carbocycles. The van der Waals surface area contributed by atoms with Crippen molar-refractivity contribution in [2.45, 2.75) is 0 Å². The molecule has 0 spiro atoms. The lowest BCUT2D eigenvalue weighted by molar-refractivity contribution is -0.126. The largest absolute Gasteiger partial charge is 0.325 e. The Morgan fingerprint density at radius 1 is 1.09 bits per heavy atom. The van der Waals surface area contributed by atoms with Crippen molar-refractivity contribution in [1.29, 1.82) is 5.26 Å². The summed E-state index contributed by atoms with van der Waals surface area (Å²) in [6.07, 6.45) is 2.76. The van der Waals surface area contributed by atoms with Crippen molar-refractivity contribution in [1.82, 2.24) is 0 Å². The van der Waals surface area contributed by atoms with Crippen LogP contribution in [0.1, 0.15) is 5.56 Å². The van der Waals surface area contributed by atoms with Crippen LogP contribution in [-0.4, -0.2) is 11.7 Å². The van der Waals surface area contributed by atoms with Crippen molar-refractivity contribution in [3.05, 3.63) is 71.3 Å². The number of ketones is 1. The van der Waals surface area contributed by atoms with E-state index in [1.807, 2.05) is 0 Å². The zero-order chi connectivity index (χ0) is 16.7. The highest BCUT2D eigenvalue weighted by Gasteiger charge is 2.24. The molecule has 0 heterocycles. The molecule has 1 atom stereocenters. The SMILES string of the molecule is N#C[C@H](C(=O)/C=C\c1ccc(Cl)cc1)C(=O)Nc1ccccc1. The first-order valence-corrected chi connectivity index (χ1v) is 7.21. The van der Waals surface area contributed by atoms with Crippen molar-refractivity contribution in [3.63, 3.8) is 0 Å². The van der Waals surface area contributed by atoms with Gasteiger partial charge in [-0.2, -0.15) is 5.26 Å². The zero-order valence-electron chi connectivity index (χ0n) is 12.1. The third-order valence-corrected chi connectivity index (χ3v) is 3.28. The molecule has 0 aliphatic heterocycles. The highest BCUT2D eigenvalue weighted by atomic mass is 35.5. The lowest BCUT2D eigenvalue weighted by Crippen LogP contribution is -2.27. The first-order valence-electron chi connectivity index (χ1n) is 6.83. The van der Waals surface area contributed by atoms with E-state index in [2.05, 4.69) is 5.32 Å². The summed E-state index contributed by atoms with van der Waals surface area (Å²) in [6.45, 7) is 0. The number of anilines is 1. The number of benzene rings is 2. The van der Waals surface area contributed by atoms with E-state index >= 15 is 0 Å². The maximum atomic E-state index is 12.1. The molecule has 0 aliphatic rings. The number of para-hydroxylation sites is 1. The lowest BCUT2D eigenvalue weighted by Gasteiger charge is -2.07. The first kappa shape index (κ1) is 16.5. The Hall–Kier alpha value is -2.90. The number of carbonyl (C=O) groups excluding carboxylic acids is 2. The highest BCUT2D eigenvalue weighted by molar-refractivity contribution is 6.30. The van der Waals surface area contributed by atoms with E-state index in [-0.39, 0.29) is 0 Å². The molecular formula is C18H13ClN2O2. The van der Waals surface area contributed by atoms with Gasteiger partial charge >= 0.3 is 0 Å². The van der Waals surface area contributed by atoms with E-state index in [1.165, 1.54) is 6.08 Å². The summed E-state index contributed by atoms with van der Waals surface area (Å²) in [6, 6.07) is 17.2. The second-order valence-electron chi connectivity index (χ2n) is 4.70. The summed E-state index contributed by atoms with van der Waals surface area (Å²) in [5.41, 5.74) is 1.29. The van der Waals surface area contributed by atoms with Gasteiger partial charge in [-0.25, -0.2) is 0 Å². The summed E-state index contributed by atoms with van der Waals surface area (Å²) >= 11 is 5.78. The van der Waals surface area contributed by atoms with Crippen LogP contribution in [-0.2, 0) is 9.59 Å². The maximum Gasteiger partial charge on any atom is 0.249 e. The molecule has 0 fully saturated rings. The minimum absolute atomic E-state index is 0.534. The van der Waals surface area contributed by atoms with E-state index in [0.717, 1.165) is 5.56 Å². The highest BCUT2D eigenvalue weighted by Crippen LogP contribution is 2.12. The molecule has 0 saturated heterocycles. The van der Waals surface area contributed by atoms with Crippen LogP contribution in [0.5, 0.6) is 0 Å². The molecule has 2 rings (SSSR count). The molecule has 0 unspecified atom stereocenters. The Bertz CT molecular complexity index is 762. The van der Waals surface area contributed by atoms with Crippen molar-refractivity contribution >= 4 is 35.1 Å². The number of carbonyl (C=O) groups is 2. The van der Waals surface area contributed by atoms with Crippen molar-refractivity contribution in [3.8, 4) is 6.07 Å². The number of allylic oxidation sites excluding steroid dienone is 1. The second kappa shape index (κ2) is 7.92. The van der Waals surface area contributed by atoms with E-state index in [9.17, 15) is 9.59 Å². The van der Waals surface area contributed by atoms with Crippen molar-refractivity contribution < 1.29 is 9.59 Å². The Labute approximate surface area is 139 Å². The fourth-order valence-corrected chi connectivity index (χ4v) is 1.96. The Morgan fingerprint density at radius 3 is 2.35 bits per heavy atom. The molecule has 0 aromatic heterocycles. The van der Waals surface area contributed by atoms with Crippen LogP contribution in [0.2, 0.25) is 5.02 Å². The summed E-state index contributed by atoms with van der Waals surface area (Å²) in [7, 11) is 0. The smallest absolute Gasteiger partial charge is 0.249 e. The van der Waals surface area contributed by atoms with Gasteiger partial charge in [0.2, 0.25) is 5.91 Å². The van der Waals surface area contributed by atoms with Crippen molar-refractivity contribution in [2.24, 2.45) is 5.92 Å². The number of rotatable bonds is 5. The Morgan fingerprint density at radius 2 is 1.74 bits per heavy atom. The lowest BCUT2D eigenvalue weighted by atomic mass is 10.0. The average Bonchev–Trinajstić information content (AvgIpc) is 2.56. The standard InChI is InChI=1S/C18H13ClN2O2/c19-14-9-6-13(7-10-14)8-11-17(22)16(12-20)18(23)21-15-4-2-1-3-5-15/h1-11,16H,(H,21,23)/b11-8-/t16-/m1/s1. The molecule has 1 N–H and O–H groups in total. The fourth-order valence-electron chi connectivity index (χ4n) is 1.84. The number of nitriles is 1. The predicted molar refractivity (Wildman–Crippen MR) is 89.7 cm³/mol. The van der Waals surface area contributed by atoms with Gasteiger partial charge in [0.25, 0.3) is 0 Å². The van der Waals surface area contributed by atoms with Gasteiger partial charge in [0, 0.05) is 10.7 Å². The van der Waals surface area contributed by atoms with Crippen LogP contribution in [0.4, 0.5) is 5.69 Å². The number of nitrogens with one attached hydrogen (secondary N) is 1. The molecule has 0 radical (unpaired) electrons. The molecule has 114 valence electrons. The Kier molecular flexibility index (Phi) is 5.67. The number of nitrogens with zero attached hydrogens (tertiary/aromatic N) is 1. The van der Waals surface area contributed by atoms with Crippen LogP contribution in [0.15, 0.2) is 60.7 Å². The second-order valence-corrected chi connectivity index (χ2v) is 5.14. The van der Waals surface area contributed by atoms with Crippen LogP contribution in [0.25, 0.3) is 6.08 Å². The van der Waals surface area contributed by atoms with Gasteiger partial charge in [-0.15, -0.1) is 0 Å². The number of hydrogen-bond acceptors (Lipinski definition) is 3. The molecule has 23 heavy (non-hydrogen) atoms. The van der Waals surface area contributed by atoms with Crippen LogP contribution >= 0.6 is 11.6 Å². The third kappa shape index (κ3) is 4.80. The van der Waals surface area contributed by atoms with Crippen molar-refractivity contribution in [2.75, 3.05) is 5.32 Å². The summed E-state index contributed by atoms with van der Waals surface area (Å²) in [5.74, 6) is -2.61. The molecule has 4 nitrogen and oxygen atoms in total. The van der Waals surface area contributed by atoms with Gasteiger partial charge in [-0.3, -0.25) is 9.59 Å². The zero-order valence-corrected chi connectivity index (χ0v) is 12.8. The normalized spacial score (nSPS) is 11.7. The molecular weight excluding hydrogens is 312 g/mol. The maximum absolute atomic E-state index is 12.1. The minimum Gasteiger partial charge on any atom is -0.325 e. The quantitative estimate of drug-likeness (QED) is 0.673. The number of hydrogen-bond donors (Lipinski definition) is 1. The van der Waals surface area contributed by atoms with E-state index in [0.29, 0.717) is 10.7 Å². The van der Waals surface area contributed by atoms with E-state index < -0.39 is 17.6 Å². The summed E-state index contributed by atoms with van der Waals surface area (Å²) < 4.78 is 0. The number of halogens is 1. The summed E-state index contributed by atoms with van der Waals surface area (Å²) in [5, 5.41) is 12.2. The van der Waals surface area contributed by atoms with E-state index in [1.54, 1.807) is 66.7 Å². The summed E-state index contributed by atoms with van der Waals surface area (Å²) in [4.78, 5) is 24.1. The van der Waals surface area contributed by atoms with E-state index in [4.69, 9.17) is 16.9 Å². The Balaban J connectivity index is 2.05. The minimum atomic E-state index is -1.39. The van der Waals surface area contributed by atoms with Gasteiger partial charge in [-0.1, -0.05) is 48.0 Å². The molecule has 0 saturated carbocycles. The average molecular weight is 325 g/mol. The number of amides is 1. The van der Waals surface area contributed by atoms with Gasteiger partial charge in [0.1, 0.15) is 0 Å². The molecule has 1 amide bonds. The molecule has 5 heteroatoms. The fraction of sp³-hybridized carbons (Fsp3) is 0.0556. The van der Waals surface area contributed by atoms with Crippen LogP contribution in [0.3, 0.4) is 0 Å². The van der Waals surface area contributed by atoms with Crippen LogP contribution < -0.4 is 5.32 Å². The topological polar surface area (TPSA) is 70.0 Å². The monoisotopic (exact) mass is 324 g/mol. The van der Waals surface area contributed by atoms with Gasteiger partial charge in [0.05, 0.1) is 6.07 Å².